The lowest BCUT2D eigenvalue weighted by Crippen LogP contribution is -2.47. The molecule has 1 atom stereocenters. The number of benzene rings is 1. The highest BCUT2D eigenvalue weighted by Gasteiger charge is 2.26. The Hall–Kier alpha value is -4.00. The van der Waals surface area contributed by atoms with Crippen LogP contribution < -0.4 is 16.0 Å². The molecule has 0 saturated carbocycles. The summed E-state index contributed by atoms with van der Waals surface area (Å²) in [6.45, 7) is 5.90. The number of unbranched alkanes of at least 4 members (excludes halogenated alkanes) is 3. The van der Waals surface area contributed by atoms with Gasteiger partial charge >= 0.3 is 6.09 Å². The fourth-order valence-corrected chi connectivity index (χ4v) is 6.86. The number of carbonyl (C=O) groups excluding carboxylic acids is 4. The second kappa shape index (κ2) is 23.4. The molecule has 0 saturated heterocycles. The minimum absolute atomic E-state index is 0.0998. The number of alkyl carbamates (subject to hydrolysis) is 1. The van der Waals surface area contributed by atoms with E-state index in [1.54, 1.807) is 38.9 Å². The number of thiophene rings is 3. The highest BCUT2D eigenvalue weighted by molar-refractivity contribution is 7.10. The van der Waals surface area contributed by atoms with Crippen molar-refractivity contribution in [2.24, 2.45) is 0 Å². The van der Waals surface area contributed by atoms with Crippen molar-refractivity contribution in [1.82, 2.24) is 20.9 Å². The summed E-state index contributed by atoms with van der Waals surface area (Å²) in [6.07, 6.45) is 5.34. The molecule has 12 heteroatoms. The molecule has 3 heterocycles. The van der Waals surface area contributed by atoms with E-state index in [9.17, 15) is 19.2 Å². The summed E-state index contributed by atoms with van der Waals surface area (Å²) in [4.78, 5) is 53.7. The molecule has 0 bridgehead atoms. The summed E-state index contributed by atoms with van der Waals surface area (Å²) >= 11 is 4.89. The molecule has 4 aromatic rings. The summed E-state index contributed by atoms with van der Waals surface area (Å²) in [5.74, 6) is -0.165. The monoisotopic (exact) mass is 724 g/mol. The van der Waals surface area contributed by atoms with Crippen molar-refractivity contribution in [1.29, 1.82) is 0 Å². The molecule has 0 radical (unpaired) electrons. The number of nitrogens with zero attached hydrogens (tertiary/aromatic N) is 1. The molecule has 9 nitrogen and oxygen atoms in total. The molecule has 4 amide bonds. The van der Waals surface area contributed by atoms with Crippen LogP contribution in [0.2, 0.25) is 0 Å². The Kier molecular flexibility index (Phi) is 18.8. The van der Waals surface area contributed by atoms with Crippen molar-refractivity contribution in [3.8, 4) is 0 Å². The highest BCUT2D eigenvalue weighted by Crippen LogP contribution is 2.19. The van der Waals surface area contributed by atoms with Crippen LogP contribution in [0.3, 0.4) is 0 Å². The lowest BCUT2D eigenvalue weighted by Gasteiger charge is -2.27. The molecule has 0 aliphatic carbocycles. The molecule has 3 N–H and O–H groups in total. The van der Waals surface area contributed by atoms with Crippen LogP contribution in [-0.4, -0.2) is 41.3 Å². The first-order chi connectivity index (χ1) is 23.8. The quantitative estimate of drug-likeness (QED) is 0.0851. The van der Waals surface area contributed by atoms with E-state index in [0.29, 0.717) is 51.9 Å². The van der Waals surface area contributed by atoms with Gasteiger partial charge in [0.25, 0.3) is 0 Å². The molecule has 0 aliphatic heterocycles. The maximum atomic E-state index is 13.5. The molecule has 0 unspecified atom stereocenters. The summed E-state index contributed by atoms with van der Waals surface area (Å²) in [6, 6.07) is 20.9. The number of carbonyl (C=O) groups is 4. The third kappa shape index (κ3) is 16.8. The van der Waals surface area contributed by atoms with Crippen molar-refractivity contribution < 1.29 is 23.9 Å². The topological polar surface area (TPSA) is 117 Å². The Morgan fingerprint density at radius 1 is 0.755 bits per heavy atom. The summed E-state index contributed by atoms with van der Waals surface area (Å²) in [7, 11) is 0. The van der Waals surface area contributed by atoms with Crippen molar-refractivity contribution >= 4 is 57.8 Å². The molecule has 1 aromatic carbocycles. The number of hydrogen-bond acceptors (Lipinski definition) is 8. The highest BCUT2D eigenvalue weighted by atomic mass is 32.1. The van der Waals surface area contributed by atoms with Gasteiger partial charge in [-0.25, -0.2) is 4.79 Å². The zero-order valence-electron chi connectivity index (χ0n) is 28.4. The van der Waals surface area contributed by atoms with Crippen LogP contribution in [0.25, 0.3) is 0 Å². The van der Waals surface area contributed by atoms with Crippen LogP contribution in [0, 0.1) is 0 Å². The van der Waals surface area contributed by atoms with Crippen molar-refractivity contribution in [2.45, 2.75) is 91.1 Å². The van der Waals surface area contributed by atoms with Crippen LogP contribution in [0.1, 0.15) is 79.0 Å². The first-order valence-corrected chi connectivity index (χ1v) is 19.3. The lowest BCUT2D eigenvalue weighted by atomic mass is 10.1. The SMILES string of the molecule is CC(=O)N[C@@H](CCCCNC(=O)OCc1ccccc1)C(=O)N(Cc1cccs1)Cc1cccs1.CCCCCC(=O)NCc1cccs1. The van der Waals surface area contributed by atoms with Crippen LogP contribution in [0.5, 0.6) is 0 Å². The number of ether oxygens (including phenoxy) is 1. The van der Waals surface area contributed by atoms with E-state index < -0.39 is 12.1 Å². The molecule has 0 aliphatic rings. The second-order valence-electron chi connectivity index (χ2n) is 11.4. The fraction of sp³-hybridized carbons (Fsp3) is 0.405. The smallest absolute Gasteiger partial charge is 0.407 e. The van der Waals surface area contributed by atoms with Gasteiger partial charge in [0.15, 0.2) is 0 Å². The maximum Gasteiger partial charge on any atom is 0.407 e. The Morgan fingerprint density at radius 3 is 1.96 bits per heavy atom. The number of nitrogens with one attached hydrogen (secondary N) is 3. The van der Waals surface area contributed by atoms with Gasteiger partial charge in [0.1, 0.15) is 12.6 Å². The predicted molar refractivity (Wildman–Crippen MR) is 199 cm³/mol. The van der Waals surface area contributed by atoms with E-state index in [0.717, 1.165) is 34.6 Å². The van der Waals surface area contributed by atoms with Gasteiger partial charge in [-0.2, -0.15) is 0 Å². The van der Waals surface area contributed by atoms with Crippen molar-refractivity contribution in [2.75, 3.05) is 6.54 Å². The van der Waals surface area contributed by atoms with Crippen molar-refractivity contribution in [3.63, 3.8) is 0 Å². The zero-order chi connectivity index (χ0) is 35.1. The van der Waals surface area contributed by atoms with Gasteiger partial charge < -0.3 is 25.6 Å². The standard InChI is InChI=1S/C26H31N3O4S2.C11H17NOS/c1-20(30)28-24(13-5-6-14-27-26(32)33-19-21-9-3-2-4-10-21)25(31)29(17-22-11-7-15-34-22)18-23-12-8-16-35-23;1-2-3-4-7-11(13)12-9-10-6-5-8-14-10/h2-4,7-12,15-16,24H,5-6,13-14,17-19H2,1H3,(H,27,32)(H,28,30);5-6,8H,2-4,7,9H2,1H3,(H,12,13)/t24-;/m0./s1. The molecular weight excluding hydrogens is 677 g/mol. The first kappa shape index (κ1) is 39.4. The lowest BCUT2D eigenvalue weighted by molar-refractivity contribution is -0.137. The van der Waals surface area contributed by atoms with Crippen LogP contribution >= 0.6 is 34.0 Å². The molecule has 0 spiro atoms. The van der Waals surface area contributed by atoms with Gasteiger partial charge in [-0.05, 0) is 65.6 Å². The fourth-order valence-electron chi connectivity index (χ4n) is 4.78. The van der Waals surface area contributed by atoms with E-state index in [1.807, 2.05) is 82.9 Å². The number of rotatable bonds is 19. The molecular formula is C37H48N4O5S3. The summed E-state index contributed by atoms with van der Waals surface area (Å²) < 4.78 is 5.21. The minimum Gasteiger partial charge on any atom is -0.445 e. The third-order valence-electron chi connectivity index (χ3n) is 7.29. The van der Waals surface area contributed by atoms with Gasteiger partial charge in [0.05, 0.1) is 19.6 Å². The molecule has 49 heavy (non-hydrogen) atoms. The normalized spacial score (nSPS) is 11.1. The maximum absolute atomic E-state index is 13.5. The van der Waals surface area contributed by atoms with E-state index in [2.05, 4.69) is 22.9 Å². The van der Waals surface area contributed by atoms with Gasteiger partial charge in [-0.15, -0.1) is 34.0 Å². The van der Waals surface area contributed by atoms with Gasteiger partial charge in [-0.1, -0.05) is 68.3 Å². The van der Waals surface area contributed by atoms with Crippen molar-refractivity contribution in [3.05, 3.63) is 103 Å². The summed E-state index contributed by atoms with van der Waals surface area (Å²) in [5, 5.41) is 14.5. The van der Waals surface area contributed by atoms with E-state index in [1.165, 1.54) is 11.8 Å². The molecule has 3 aromatic heterocycles. The van der Waals surface area contributed by atoms with Crippen LogP contribution in [0.4, 0.5) is 4.79 Å². The van der Waals surface area contributed by atoms with Crippen LogP contribution in [0.15, 0.2) is 82.9 Å². The second-order valence-corrected chi connectivity index (χ2v) is 14.5. The Labute approximate surface area is 302 Å². The van der Waals surface area contributed by atoms with Gasteiger partial charge in [-0.3, -0.25) is 14.4 Å². The zero-order valence-corrected chi connectivity index (χ0v) is 30.8. The third-order valence-corrected chi connectivity index (χ3v) is 9.89. The molecule has 4 rings (SSSR count). The van der Waals surface area contributed by atoms with E-state index in [4.69, 9.17) is 4.74 Å². The van der Waals surface area contributed by atoms with Gasteiger partial charge in [0.2, 0.25) is 17.7 Å². The van der Waals surface area contributed by atoms with E-state index >= 15 is 0 Å². The van der Waals surface area contributed by atoms with Gasteiger partial charge in [0, 0.05) is 34.5 Å². The first-order valence-electron chi connectivity index (χ1n) is 16.7. The average molecular weight is 725 g/mol. The van der Waals surface area contributed by atoms with Crippen LogP contribution in [-0.2, 0) is 45.4 Å². The Balaban J connectivity index is 0.000000388. The Bertz CT molecular complexity index is 1440. The van der Waals surface area contributed by atoms with E-state index in [-0.39, 0.29) is 24.3 Å². The average Bonchev–Trinajstić information content (AvgIpc) is 3.91. The Morgan fingerprint density at radius 2 is 1.39 bits per heavy atom. The molecule has 0 fully saturated rings. The largest absolute Gasteiger partial charge is 0.445 e. The number of amides is 4. The number of hydrogen-bond donors (Lipinski definition) is 3. The summed E-state index contributed by atoms with van der Waals surface area (Å²) in [5.41, 5.74) is 0.925. The minimum atomic E-state index is -0.613. The predicted octanol–water partition coefficient (Wildman–Crippen LogP) is 7.88. The molecule has 264 valence electrons.